The molecule has 0 radical (unpaired) electrons. The maximum atomic E-state index is 12.9. The Morgan fingerprint density at radius 3 is 2.63 bits per heavy atom. The molecule has 1 atom stereocenters. The van der Waals surface area contributed by atoms with Crippen LogP contribution in [0.4, 0.5) is 10.1 Å². The number of halogens is 1. The Labute approximate surface area is 111 Å². The highest BCUT2D eigenvalue weighted by molar-refractivity contribution is 5.83. The van der Waals surface area contributed by atoms with Gasteiger partial charge < -0.3 is 10.3 Å². The van der Waals surface area contributed by atoms with Gasteiger partial charge in [-0.05, 0) is 48.9 Å². The molecule has 3 aromatic rings. The third kappa shape index (κ3) is 2.45. The van der Waals surface area contributed by atoms with Gasteiger partial charge in [-0.3, -0.25) is 0 Å². The fourth-order valence-electron chi connectivity index (χ4n) is 2.23. The Balaban J connectivity index is 1.81. The second kappa shape index (κ2) is 4.76. The summed E-state index contributed by atoms with van der Waals surface area (Å²) in [6.45, 7) is 2.06. The molecule has 2 aromatic carbocycles. The number of aromatic amines is 1. The molecule has 96 valence electrons. The molecular weight excluding hydrogens is 239 g/mol. The van der Waals surface area contributed by atoms with Crippen LogP contribution in [-0.2, 0) is 0 Å². The van der Waals surface area contributed by atoms with Gasteiger partial charge in [0.2, 0.25) is 0 Å². The smallest absolute Gasteiger partial charge is 0.123 e. The SMILES string of the molecule is CC(Nc1ccc2[nH]ccc2c1)c1ccc(F)cc1. The van der Waals surface area contributed by atoms with Crippen molar-refractivity contribution < 1.29 is 4.39 Å². The molecule has 1 aromatic heterocycles. The largest absolute Gasteiger partial charge is 0.379 e. The van der Waals surface area contributed by atoms with Crippen LogP contribution < -0.4 is 5.32 Å². The average Bonchev–Trinajstić information content (AvgIpc) is 2.87. The average molecular weight is 254 g/mol. The standard InChI is InChI=1S/C16H15FN2/c1-11(12-2-4-14(17)5-3-12)19-15-6-7-16-13(10-15)8-9-18-16/h2-11,18-19H,1H3. The summed E-state index contributed by atoms with van der Waals surface area (Å²) in [5, 5.41) is 4.60. The van der Waals surface area contributed by atoms with E-state index in [0.29, 0.717) is 0 Å². The predicted octanol–water partition coefficient (Wildman–Crippen LogP) is 4.48. The summed E-state index contributed by atoms with van der Waals surface area (Å²) in [7, 11) is 0. The van der Waals surface area contributed by atoms with Gasteiger partial charge in [0.15, 0.2) is 0 Å². The van der Waals surface area contributed by atoms with E-state index in [9.17, 15) is 4.39 Å². The zero-order valence-corrected chi connectivity index (χ0v) is 10.7. The molecule has 3 heteroatoms. The molecule has 1 heterocycles. The Hall–Kier alpha value is -2.29. The van der Waals surface area contributed by atoms with E-state index < -0.39 is 0 Å². The lowest BCUT2D eigenvalue weighted by Crippen LogP contribution is -2.06. The van der Waals surface area contributed by atoms with Crippen LogP contribution in [0.3, 0.4) is 0 Å². The summed E-state index contributed by atoms with van der Waals surface area (Å²) < 4.78 is 12.9. The number of nitrogens with one attached hydrogen (secondary N) is 2. The summed E-state index contributed by atoms with van der Waals surface area (Å²) in [6, 6.07) is 15.0. The summed E-state index contributed by atoms with van der Waals surface area (Å²) in [4.78, 5) is 3.17. The van der Waals surface area contributed by atoms with Crippen molar-refractivity contribution in [2.75, 3.05) is 5.32 Å². The predicted molar refractivity (Wildman–Crippen MR) is 76.7 cm³/mol. The Bertz CT molecular complexity index is 685. The van der Waals surface area contributed by atoms with Crippen LogP contribution in [0.1, 0.15) is 18.5 Å². The minimum Gasteiger partial charge on any atom is -0.379 e. The van der Waals surface area contributed by atoms with Gasteiger partial charge in [-0.25, -0.2) is 4.39 Å². The van der Waals surface area contributed by atoms with Crippen LogP contribution in [0.25, 0.3) is 10.9 Å². The summed E-state index contributed by atoms with van der Waals surface area (Å²) >= 11 is 0. The van der Waals surface area contributed by atoms with Crippen molar-refractivity contribution >= 4 is 16.6 Å². The molecule has 1 unspecified atom stereocenters. The number of hydrogen-bond donors (Lipinski definition) is 2. The van der Waals surface area contributed by atoms with Gasteiger partial charge in [0.1, 0.15) is 5.82 Å². The highest BCUT2D eigenvalue weighted by atomic mass is 19.1. The van der Waals surface area contributed by atoms with Crippen molar-refractivity contribution in [2.45, 2.75) is 13.0 Å². The number of fused-ring (bicyclic) bond motifs is 1. The van der Waals surface area contributed by atoms with E-state index in [2.05, 4.69) is 29.4 Å². The molecule has 0 aliphatic rings. The van der Waals surface area contributed by atoms with Crippen LogP contribution in [-0.4, -0.2) is 4.98 Å². The minimum absolute atomic E-state index is 0.136. The van der Waals surface area contributed by atoms with Crippen LogP contribution in [0, 0.1) is 5.82 Å². The fraction of sp³-hybridized carbons (Fsp3) is 0.125. The van der Waals surface area contributed by atoms with Gasteiger partial charge in [-0.2, -0.15) is 0 Å². The number of H-pyrrole nitrogens is 1. The van der Waals surface area contributed by atoms with Gasteiger partial charge in [0.25, 0.3) is 0 Å². The third-order valence-corrected chi connectivity index (χ3v) is 3.31. The van der Waals surface area contributed by atoms with Gasteiger partial charge in [-0.15, -0.1) is 0 Å². The number of anilines is 1. The molecule has 3 rings (SSSR count). The lowest BCUT2D eigenvalue weighted by Gasteiger charge is -2.15. The second-order valence-electron chi connectivity index (χ2n) is 4.70. The Morgan fingerprint density at radius 1 is 1.05 bits per heavy atom. The first kappa shape index (κ1) is 11.8. The van der Waals surface area contributed by atoms with Gasteiger partial charge in [-0.1, -0.05) is 12.1 Å². The van der Waals surface area contributed by atoms with E-state index in [-0.39, 0.29) is 11.9 Å². The van der Waals surface area contributed by atoms with Crippen molar-refractivity contribution in [3.05, 3.63) is 66.1 Å². The van der Waals surface area contributed by atoms with Gasteiger partial charge in [0.05, 0.1) is 0 Å². The van der Waals surface area contributed by atoms with E-state index in [1.807, 2.05) is 30.5 Å². The van der Waals surface area contributed by atoms with E-state index in [1.165, 1.54) is 17.5 Å². The molecule has 19 heavy (non-hydrogen) atoms. The minimum atomic E-state index is -0.204. The molecule has 0 bridgehead atoms. The quantitative estimate of drug-likeness (QED) is 0.708. The maximum absolute atomic E-state index is 12.9. The Morgan fingerprint density at radius 2 is 1.84 bits per heavy atom. The van der Waals surface area contributed by atoms with Crippen molar-refractivity contribution in [2.24, 2.45) is 0 Å². The van der Waals surface area contributed by atoms with Crippen molar-refractivity contribution in [1.82, 2.24) is 4.98 Å². The molecule has 0 fully saturated rings. The summed E-state index contributed by atoms with van der Waals surface area (Å²) in [6.07, 6.45) is 1.93. The van der Waals surface area contributed by atoms with E-state index in [4.69, 9.17) is 0 Å². The first-order valence-electron chi connectivity index (χ1n) is 6.31. The van der Waals surface area contributed by atoms with Crippen molar-refractivity contribution in [3.63, 3.8) is 0 Å². The number of aromatic nitrogens is 1. The van der Waals surface area contributed by atoms with E-state index >= 15 is 0 Å². The summed E-state index contributed by atoms with van der Waals surface area (Å²) in [5.74, 6) is -0.204. The fourth-order valence-corrected chi connectivity index (χ4v) is 2.23. The first-order chi connectivity index (χ1) is 9.22. The molecule has 0 aliphatic heterocycles. The normalized spacial score (nSPS) is 12.5. The molecule has 0 saturated carbocycles. The zero-order chi connectivity index (χ0) is 13.2. The summed E-state index contributed by atoms with van der Waals surface area (Å²) in [5.41, 5.74) is 3.25. The molecule has 0 amide bonds. The number of hydrogen-bond acceptors (Lipinski definition) is 1. The topological polar surface area (TPSA) is 27.8 Å². The molecular formula is C16H15FN2. The van der Waals surface area contributed by atoms with Crippen molar-refractivity contribution in [3.8, 4) is 0 Å². The number of rotatable bonds is 3. The third-order valence-electron chi connectivity index (χ3n) is 3.31. The zero-order valence-electron chi connectivity index (χ0n) is 10.7. The monoisotopic (exact) mass is 254 g/mol. The second-order valence-corrected chi connectivity index (χ2v) is 4.70. The highest BCUT2D eigenvalue weighted by Crippen LogP contribution is 2.23. The molecule has 2 nitrogen and oxygen atoms in total. The Kier molecular flexibility index (Phi) is 2.95. The van der Waals surface area contributed by atoms with E-state index in [0.717, 1.165) is 16.8 Å². The van der Waals surface area contributed by atoms with Crippen LogP contribution in [0.2, 0.25) is 0 Å². The molecule has 0 aliphatic carbocycles. The molecule has 0 spiro atoms. The van der Waals surface area contributed by atoms with Crippen molar-refractivity contribution in [1.29, 1.82) is 0 Å². The van der Waals surface area contributed by atoms with Gasteiger partial charge in [0, 0.05) is 28.8 Å². The first-order valence-corrected chi connectivity index (χ1v) is 6.31. The highest BCUT2D eigenvalue weighted by Gasteiger charge is 2.06. The van der Waals surface area contributed by atoms with Crippen LogP contribution >= 0.6 is 0 Å². The number of benzene rings is 2. The molecule has 2 N–H and O–H groups in total. The van der Waals surface area contributed by atoms with E-state index in [1.54, 1.807) is 0 Å². The maximum Gasteiger partial charge on any atom is 0.123 e. The lowest BCUT2D eigenvalue weighted by molar-refractivity contribution is 0.626. The van der Waals surface area contributed by atoms with Crippen LogP contribution in [0.5, 0.6) is 0 Å². The lowest BCUT2D eigenvalue weighted by atomic mass is 10.1. The van der Waals surface area contributed by atoms with Crippen LogP contribution in [0.15, 0.2) is 54.7 Å². The van der Waals surface area contributed by atoms with Gasteiger partial charge >= 0.3 is 0 Å². The molecule has 0 saturated heterocycles.